The van der Waals surface area contributed by atoms with Gasteiger partial charge in [0.25, 0.3) is 0 Å². The number of hydrogen-bond donors (Lipinski definition) is 0. The summed E-state index contributed by atoms with van der Waals surface area (Å²) in [6.45, 7) is 0. The molecule has 8 heteroatoms. The van der Waals surface area contributed by atoms with Crippen molar-refractivity contribution >= 4 is 79.9 Å². The summed E-state index contributed by atoms with van der Waals surface area (Å²) >= 11 is 0. The van der Waals surface area contributed by atoms with E-state index in [1.807, 2.05) is 0 Å². The van der Waals surface area contributed by atoms with Gasteiger partial charge in [-0.25, -0.2) is 0 Å². The lowest BCUT2D eigenvalue weighted by Gasteiger charge is -2.27. The van der Waals surface area contributed by atoms with E-state index in [0.29, 0.717) is 9.79 Å². The maximum absolute atomic E-state index is 11.0. The predicted molar refractivity (Wildman–Crippen MR) is 304 cm³/mol. The van der Waals surface area contributed by atoms with E-state index < -0.39 is 26.5 Å². The van der Waals surface area contributed by atoms with Crippen molar-refractivity contribution in [2.75, 3.05) is 0 Å². The number of hydrogen-bond acceptors (Lipinski definition) is 6. The van der Waals surface area contributed by atoms with Gasteiger partial charge in [0.2, 0.25) is 0 Å². The maximum atomic E-state index is 11.0. The van der Waals surface area contributed by atoms with Gasteiger partial charge >= 0.3 is 0 Å². The number of carbonyl (C=O) groups is 2. The minimum Gasteiger partial charge on any atom is -0.545 e. The van der Waals surface area contributed by atoms with Gasteiger partial charge in [-0.15, -0.1) is 0 Å². The third-order valence-corrected chi connectivity index (χ3v) is 23.4. The maximum Gasteiger partial charge on any atom is 0.116 e. The molecule has 0 aliphatic heterocycles. The molecule has 0 saturated heterocycles. The van der Waals surface area contributed by atoms with E-state index in [-0.39, 0.29) is 11.1 Å². The average molecular weight is 1010 g/mol. The highest BCUT2D eigenvalue weighted by Gasteiger charge is 2.46. The van der Waals surface area contributed by atoms with Crippen LogP contribution in [0, 0.1) is 0 Å². The van der Waals surface area contributed by atoms with Crippen LogP contribution in [0.2, 0.25) is 0 Å². The number of benzene rings is 10. The second-order valence-electron chi connectivity index (χ2n) is 16.7. The fourth-order valence-electron chi connectivity index (χ4n) is 8.76. The molecular formula is C64H52O4P2S2. The molecule has 0 spiro atoms. The van der Waals surface area contributed by atoms with Gasteiger partial charge in [0, 0.05) is 20.9 Å². The van der Waals surface area contributed by atoms with Crippen LogP contribution in [0.1, 0.15) is 31.8 Å². The molecular weight excluding hydrogens is 959 g/mol. The van der Waals surface area contributed by atoms with E-state index in [0.717, 1.165) is 33.9 Å². The Labute approximate surface area is 432 Å². The van der Waals surface area contributed by atoms with Crippen LogP contribution >= 0.6 is 36.1 Å². The summed E-state index contributed by atoms with van der Waals surface area (Å²) < 4.78 is 0. The highest BCUT2D eigenvalue weighted by molar-refractivity contribution is 8.76. The van der Waals surface area contributed by atoms with Gasteiger partial charge in [-0.2, -0.15) is 0 Å². The third-order valence-electron chi connectivity index (χ3n) is 12.1. The van der Waals surface area contributed by atoms with Crippen LogP contribution < -0.4 is 42.0 Å². The van der Waals surface area contributed by atoms with E-state index in [1.54, 1.807) is 36.4 Å². The Hall–Kier alpha value is -7.30. The number of aromatic carboxylic acids is 2. The summed E-state index contributed by atoms with van der Waals surface area (Å²) in [5.74, 6) is -2.52. The normalized spacial score (nSPS) is 10.9. The Morgan fingerprint density at radius 3 is 0.694 bits per heavy atom. The van der Waals surface area contributed by atoms with E-state index in [1.165, 1.54) is 55.1 Å². The standard InChI is InChI=1S/2C25H22P.C14H10O4S2/c2*1-5-13-22(14-6-1)21-26(23-15-7-2-8-16-23,24-17-9-3-10-18-24)25-19-11-4-12-20-25;15-13(16)9-5-1-3-7-11(9)19-20-12-8-4-2-6-10(12)14(17)18/h2*1-20H,21H2;1-8H,(H,15,16)(H,17,18)/q2*+1;/p-2. The predicted octanol–water partition coefficient (Wildman–Crippen LogP) is 11.6. The first kappa shape index (κ1) is 51.1. The SMILES string of the molecule is O=C([O-])c1ccccc1SSc1ccccc1C(=O)[O-].c1ccc(C[P+](c2ccccc2)(c2ccccc2)c2ccccc2)cc1.c1ccc(C[P+](c2ccccc2)(c2ccccc2)c2ccccc2)cc1. The summed E-state index contributed by atoms with van der Waals surface area (Å²) in [6, 6.07) is 101. The number of carbonyl (C=O) groups excluding carboxylic acids is 2. The molecule has 10 aromatic rings. The van der Waals surface area contributed by atoms with Crippen LogP contribution in [0.4, 0.5) is 0 Å². The summed E-state index contributed by atoms with van der Waals surface area (Å²) in [4.78, 5) is 23.0. The Kier molecular flexibility index (Phi) is 18.2. The van der Waals surface area contributed by atoms with Crippen molar-refractivity contribution in [3.05, 3.63) is 313 Å². The van der Waals surface area contributed by atoms with Gasteiger partial charge in [0.05, 0.1) is 24.3 Å². The summed E-state index contributed by atoms with van der Waals surface area (Å²) in [7, 11) is -1.22. The Balaban J connectivity index is 0.000000146. The molecule has 0 bridgehead atoms. The first-order valence-electron chi connectivity index (χ1n) is 23.5. The van der Waals surface area contributed by atoms with E-state index in [4.69, 9.17) is 0 Å². The largest absolute Gasteiger partial charge is 0.545 e. The van der Waals surface area contributed by atoms with Crippen LogP contribution in [-0.2, 0) is 12.3 Å². The minimum atomic E-state index is -1.78. The van der Waals surface area contributed by atoms with Gasteiger partial charge in [0.15, 0.2) is 0 Å². The third kappa shape index (κ3) is 12.6. The molecule has 0 heterocycles. The molecule has 4 nitrogen and oxygen atoms in total. The van der Waals surface area contributed by atoms with Gasteiger partial charge in [-0.3, -0.25) is 0 Å². The van der Waals surface area contributed by atoms with Crippen LogP contribution in [0.5, 0.6) is 0 Å². The zero-order chi connectivity index (χ0) is 49.9. The summed E-state index contributed by atoms with van der Waals surface area (Å²) in [5.41, 5.74) is 2.93. The van der Waals surface area contributed by atoms with Crippen LogP contribution in [0.3, 0.4) is 0 Å². The first-order valence-corrected chi connectivity index (χ1v) is 29.6. The van der Waals surface area contributed by atoms with Gasteiger partial charge in [-0.05, 0) is 96.1 Å². The van der Waals surface area contributed by atoms with Crippen molar-refractivity contribution in [3.63, 3.8) is 0 Å². The van der Waals surface area contributed by atoms with Gasteiger partial charge in [-0.1, -0.05) is 228 Å². The highest BCUT2D eigenvalue weighted by atomic mass is 33.1. The van der Waals surface area contributed by atoms with Crippen LogP contribution in [0.15, 0.2) is 301 Å². The Morgan fingerprint density at radius 2 is 0.472 bits per heavy atom. The topological polar surface area (TPSA) is 80.3 Å². The average Bonchev–Trinajstić information content (AvgIpc) is 3.45. The highest BCUT2D eigenvalue weighted by Crippen LogP contribution is 2.59. The number of rotatable bonds is 15. The number of carboxylic acids is 2. The molecule has 0 atom stereocenters. The van der Waals surface area contributed by atoms with Gasteiger partial charge < -0.3 is 19.8 Å². The zero-order valence-corrected chi connectivity index (χ0v) is 42.9. The first-order chi connectivity index (χ1) is 35.4. The molecule has 10 aromatic carbocycles. The van der Waals surface area contributed by atoms with Crippen molar-refractivity contribution in [1.82, 2.24) is 0 Å². The summed E-state index contributed by atoms with van der Waals surface area (Å²) in [6.07, 6.45) is 2.07. The minimum absolute atomic E-state index is 0.0796. The molecule has 354 valence electrons. The van der Waals surface area contributed by atoms with E-state index >= 15 is 0 Å². The van der Waals surface area contributed by atoms with Crippen LogP contribution in [0.25, 0.3) is 0 Å². The second kappa shape index (κ2) is 25.7. The molecule has 0 unspecified atom stereocenters. The molecule has 72 heavy (non-hydrogen) atoms. The monoisotopic (exact) mass is 1010 g/mol. The van der Waals surface area contributed by atoms with Crippen LogP contribution in [-0.4, -0.2) is 11.9 Å². The molecule has 0 aromatic heterocycles. The molecule has 0 aliphatic rings. The molecule has 0 amide bonds. The molecule has 0 fully saturated rings. The smallest absolute Gasteiger partial charge is 0.116 e. The molecule has 10 rings (SSSR count). The van der Waals surface area contributed by atoms with E-state index in [2.05, 4.69) is 243 Å². The van der Waals surface area contributed by atoms with Crippen molar-refractivity contribution < 1.29 is 19.8 Å². The van der Waals surface area contributed by atoms with Crippen molar-refractivity contribution in [2.24, 2.45) is 0 Å². The van der Waals surface area contributed by atoms with Crippen molar-refractivity contribution in [2.45, 2.75) is 22.1 Å². The zero-order valence-electron chi connectivity index (χ0n) is 39.5. The Morgan fingerprint density at radius 1 is 0.278 bits per heavy atom. The molecule has 0 radical (unpaired) electrons. The Bertz CT molecular complexity index is 2810. The van der Waals surface area contributed by atoms with Crippen molar-refractivity contribution in [3.8, 4) is 0 Å². The van der Waals surface area contributed by atoms with Gasteiger partial charge in [0.1, 0.15) is 46.4 Å². The summed E-state index contributed by atoms with van der Waals surface area (Å²) in [5, 5.41) is 30.5. The fourth-order valence-corrected chi connectivity index (χ4v) is 19.6. The molecule has 0 N–H and O–H groups in total. The fraction of sp³-hybridized carbons (Fsp3) is 0.0312. The van der Waals surface area contributed by atoms with E-state index in [9.17, 15) is 19.8 Å². The number of carboxylic acid groups (broad SMARTS) is 2. The lowest BCUT2D eigenvalue weighted by atomic mass is 10.2. The quantitative estimate of drug-likeness (QED) is 0.0752. The second-order valence-corrected chi connectivity index (χ2v) is 25.8. The lowest BCUT2D eigenvalue weighted by molar-refractivity contribution is -0.256. The molecule has 0 aliphatic carbocycles. The molecule has 0 saturated carbocycles. The lowest BCUT2D eigenvalue weighted by Crippen LogP contribution is -2.32. The van der Waals surface area contributed by atoms with Crippen molar-refractivity contribution in [1.29, 1.82) is 0 Å².